The molecule has 0 radical (unpaired) electrons. The summed E-state index contributed by atoms with van der Waals surface area (Å²) >= 11 is 1.45. The van der Waals surface area contributed by atoms with E-state index in [0.717, 1.165) is 21.7 Å². The van der Waals surface area contributed by atoms with Crippen LogP contribution >= 0.6 is 11.3 Å². The molecule has 0 aliphatic heterocycles. The molecule has 1 aromatic heterocycles. The maximum atomic E-state index is 12.2. The summed E-state index contributed by atoms with van der Waals surface area (Å²) in [5.41, 5.74) is 4.18. The van der Waals surface area contributed by atoms with Crippen molar-refractivity contribution in [3.63, 3.8) is 0 Å². The first-order valence-electron chi connectivity index (χ1n) is 8.58. The highest BCUT2D eigenvalue weighted by molar-refractivity contribution is 7.16. The Hall–Kier alpha value is -2.86. The third-order valence-corrected chi connectivity index (χ3v) is 4.93. The molecule has 1 N–H and O–H groups in total. The summed E-state index contributed by atoms with van der Waals surface area (Å²) < 4.78 is 10.9. The largest absolute Gasteiger partial charge is 0.493 e. The number of hydrogen-bond acceptors (Lipinski definition) is 5. The lowest BCUT2D eigenvalue weighted by Gasteiger charge is -2.10. The van der Waals surface area contributed by atoms with Crippen LogP contribution in [0.15, 0.2) is 42.5 Å². The van der Waals surface area contributed by atoms with Crippen molar-refractivity contribution in [2.75, 3.05) is 19.0 Å². The number of methoxy groups -OCH3 is 1. The van der Waals surface area contributed by atoms with Gasteiger partial charge in [-0.25, -0.2) is 4.98 Å². The minimum atomic E-state index is -0.262. The van der Waals surface area contributed by atoms with Gasteiger partial charge in [-0.15, -0.1) is 11.3 Å². The smallest absolute Gasteiger partial charge is 0.264 e. The van der Waals surface area contributed by atoms with Crippen LogP contribution in [0, 0.1) is 20.8 Å². The maximum absolute atomic E-state index is 12.2. The molecule has 3 rings (SSSR count). The molecule has 0 aliphatic rings. The molecule has 0 atom stereocenters. The summed E-state index contributed by atoms with van der Waals surface area (Å²) in [7, 11) is 1.58. The van der Waals surface area contributed by atoms with Crippen LogP contribution in [0.25, 0.3) is 11.3 Å². The molecule has 1 heterocycles. The molecule has 0 saturated carbocycles. The molecule has 0 unspecified atom stereocenters. The van der Waals surface area contributed by atoms with Gasteiger partial charge in [0, 0.05) is 10.4 Å². The summed E-state index contributed by atoms with van der Waals surface area (Å²) in [4.78, 5) is 17.9. The van der Waals surface area contributed by atoms with Gasteiger partial charge in [0.25, 0.3) is 5.91 Å². The molecule has 27 heavy (non-hydrogen) atoms. The van der Waals surface area contributed by atoms with E-state index in [-0.39, 0.29) is 12.5 Å². The van der Waals surface area contributed by atoms with Crippen LogP contribution in [0.2, 0.25) is 0 Å². The number of carbonyl (C=O) groups excluding carboxylic acids is 1. The predicted molar refractivity (Wildman–Crippen MR) is 109 cm³/mol. The van der Waals surface area contributed by atoms with E-state index in [2.05, 4.69) is 22.4 Å². The molecule has 0 aliphatic carbocycles. The third-order valence-electron chi connectivity index (χ3n) is 4.05. The van der Waals surface area contributed by atoms with E-state index in [4.69, 9.17) is 9.47 Å². The van der Waals surface area contributed by atoms with Crippen LogP contribution in [0.4, 0.5) is 5.13 Å². The first-order valence-corrected chi connectivity index (χ1v) is 9.39. The van der Waals surface area contributed by atoms with Gasteiger partial charge in [0.05, 0.1) is 12.8 Å². The Morgan fingerprint density at radius 3 is 2.44 bits per heavy atom. The number of carbonyl (C=O) groups is 1. The van der Waals surface area contributed by atoms with Crippen LogP contribution in [0.3, 0.4) is 0 Å². The maximum Gasteiger partial charge on any atom is 0.264 e. The van der Waals surface area contributed by atoms with Crippen LogP contribution in [-0.2, 0) is 4.79 Å². The average molecular weight is 382 g/mol. The van der Waals surface area contributed by atoms with Crippen molar-refractivity contribution in [2.45, 2.75) is 20.8 Å². The number of benzene rings is 2. The van der Waals surface area contributed by atoms with Crippen molar-refractivity contribution in [2.24, 2.45) is 0 Å². The Kier molecular flexibility index (Phi) is 5.76. The van der Waals surface area contributed by atoms with Crippen molar-refractivity contribution in [1.82, 2.24) is 4.98 Å². The molecule has 1 amide bonds. The molecule has 140 valence electrons. The normalized spacial score (nSPS) is 10.5. The molecular formula is C21H22N2O3S. The van der Waals surface area contributed by atoms with Crippen molar-refractivity contribution in [3.8, 4) is 22.8 Å². The van der Waals surface area contributed by atoms with Gasteiger partial charge in [0.2, 0.25) is 0 Å². The summed E-state index contributed by atoms with van der Waals surface area (Å²) in [6.45, 7) is 5.90. The zero-order valence-electron chi connectivity index (χ0n) is 15.8. The molecule has 2 aromatic carbocycles. The lowest BCUT2D eigenvalue weighted by Crippen LogP contribution is -2.20. The number of nitrogens with one attached hydrogen (secondary N) is 1. The zero-order valence-corrected chi connectivity index (χ0v) is 16.6. The van der Waals surface area contributed by atoms with Gasteiger partial charge in [0.15, 0.2) is 23.2 Å². The number of nitrogens with zero attached hydrogens (tertiary/aromatic N) is 1. The number of hydrogen-bond donors (Lipinski definition) is 1. The van der Waals surface area contributed by atoms with Crippen molar-refractivity contribution in [1.29, 1.82) is 0 Å². The highest BCUT2D eigenvalue weighted by Gasteiger charge is 2.13. The van der Waals surface area contributed by atoms with Crippen molar-refractivity contribution in [3.05, 3.63) is 58.5 Å². The first-order chi connectivity index (χ1) is 13.0. The average Bonchev–Trinajstić information content (AvgIpc) is 3.01. The number of ether oxygens (including phenoxy) is 2. The number of aryl methyl sites for hydroxylation is 3. The van der Waals surface area contributed by atoms with E-state index in [1.54, 1.807) is 13.2 Å². The van der Waals surface area contributed by atoms with E-state index in [0.29, 0.717) is 16.6 Å². The molecule has 0 saturated heterocycles. The second-order valence-electron chi connectivity index (χ2n) is 6.28. The molecular weight excluding hydrogens is 360 g/mol. The number of aromatic nitrogens is 1. The van der Waals surface area contributed by atoms with Gasteiger partial charge >= 0.3 is 0 Å². The standard InChI is InChI=1S/C21H22N2O3S/c1-13-5-8-16(9-6-13)20-15(3)27-21(23-20)22-19(24)12-26-17-10-7-14(2)11-18(17)25-4/h5-11H,12H2,1-4H3,(H,22,23,24). The molecule has 3 aromatic rings. The SMILES string of the molecule is COc1cc(C)ccc1OCC(=O)Nc1nc(-c2ccc(C)cc2)c(C)s1. The van der Waals surface area contributed by atoms with Crippen molar-refractivity contribution < 1.29 is 14.3 Å². The fourth-order valence-corrected chi connectivity index (χ4v) is 3.47. The minimum Gasteiger partial charge on any atom is -0.493 e. The van der Waals surface area contributed by atoms with Crippen LogP contribution in [-0.4, -0.2) is 24.6 Å². The fourth-order valence-electron chi connectivity index (χ4n) is 2.62. The second-order valence-corrected chi connectivity index (χ2v) is 7.48. The summed E-state index contributed by atoms with van der Waals surface area (Å²) in [5, 5.41) is 3.37. The summed E-state index contributed by atoms with van der Waals surface area (Å²) in [6, 6.07) is 13.7. The Balaban J connectivity index is 1.65. The highest BCUT2D eigenvalue weighted by atomic mass is 32.1. The monoisotopic (exact) mass is 382 g/mol. The minimum absolute atomic E-state index is 0.113. The Labute approximate surface area is 163 Å². The number of thiazole rings is 1. The Morgan fingerprint density at radius 1 is 1.04 bits per heavy atom. The Bertz CT molecular complexity index is 949. The molecule has 0 fully saturated rings. The van der Waals surface area contributed by atoms with Crippen LogP contribution in [0.5, 0.6) is 11.5 Å². The van der Waals surface area contributed by atoms with Crippen molar-refractivity contribution >= 4 is 22.4 Å². The van der Waals surface area contributed by atoms with E-state index < -0.39 is 0 Å². The van der Waals surface area contributed by atoms with Gasteiger partial charge in [-0.05, 0) is 38.5 Å². The predicted octanol–water partition coefficient (Wildman–Crippen LogP) is 4.76. The highest BCUT2D eigenvalue weighted by Crippen LogP contribution is 2.31. The second kappa shape index (κ2) is 8.22. The van der Waals surface area contributed by atoms with Gasteiger partial charge in [0.1, 0.15) is 0 Å². The number of amides is 1. The van der Waals surface area contributed by atoms with E-state index in [1.807, 2.05) is 45.0 Å². The molecule has 0 spiro atoms. The lowest BCUT2D eigenvalue weighted by molar-refractivity contribution is -0.118. The van der Waals surface area contributed by atoms with Gasteiger partial charge in [-0.2, -0.15) is 0 Å². The Morgan fingerprint density at radius 2 is 1.74 bits per heavy atom. The van der Waals surface area contributed by atoms with Crippen LogP contribution in [0.1, 0.15) is 16.0 Å². The summed E-state index contributed by atoms with van der Waals surface area (Å²) in [6.07, 6.45) is 0. The molecule has 6 heteroatoms. The van der Waals surface area contributed by atoms with Gasteiger partial charge in [-0.3, -0.25) is 10.1 Å². The zero-order chi connectivity index (χ0) is 19.4. The lowest BCUT2D eigenvalue weighted by atomic mass is 10.1. The van der Waals surface area contributed by atoms with Gasteiger partial charge < -0.3 is 9.47 Å². The third kappa shape index (κ3) is 4.65. The quantitative estimate of drug-likeness (QED) is 0.668. The molecule has 0 bridgehead atoms. The molecule has 5 nitrogen and oxygen atoms in total. The topological polar surface area (TPSA) is 60.5 Å². The van der Waals surface area contributed by atoms with Gasteiger partial charge in [-0.1, -0.05) is 35.9 Å². The first kappa shape index (κ1) is 18.9. The number of rotatable bonds is 6. The number of anilines is 1. The fraction of sp³-hybridized carbons (Fsp3) is 0.238. The summed E-state index contributed by atoms with van der Waals surface area (Å²) in [5.74, 6) is 0.880. The van der Waals surface area contributed by atoms with E-state index >= 15 is 0 Å². The van der Waals surface area contributed by atoms with E-state index in [1.165, 1.54) is 16.9 Å². The van der Waals surface area contributed by atoms with E-state index in [9.17, 15) is 4.79 Å². The van der Waals surface area contributed by atoms with Crippen LogP contribution < -0.4 is 14.8 Å².